The third-order valence-electron chi connectivity index (χ3n) is 3.12. The van der Waals surface area contributed by atoms with Crippen molar-refractivity contribution < 1.29 is 17.0 Å². The summed E-state index contributed by atoms with van der Waals surface area (Å²) in [6.07, 6.45) is 1.68. The molecule has 1 atom stereocenters. The Bertz CT molecular complexity index is 330. The van der Waals surface area contributed by atoms with Crippen LogP contribution < -0.4 is 0 Å². The smallest absolute Gasteiger partial charge is 0.264 e. The monoisotopic (exact) mass is 282 g/mol. The second-order valence-corrected chi connectivity index (χ2v) is 12.4. The maximum Gasteiger partial charge on any atom is 0.264 e. The molecule has 4 nitrogen and oxygen atoms in total. The molecule has 0 saturated heterocycles. The summed E-state index contributed by atoms with van der Waals surface area (Å²) in [5.41, 5.74) is 0. The van der Waals surface area contributed by atoms with Crippen molar-refractivity contribution in [3.63, 3.8) is 0 Å². The molecule has 0 spiro atoms. The maximum atomic E-state index is 10.8. The van der Waals surface area contributed by atoms with Crippen LogP contribution in [0.1, 0.15) is 34.1 Å². The summed E-state index contributed by atoms with van der Waals surface area (Å²) in [4.78, 5) is 0. The molecule has 0 radical (unpaired) electrons. The Morgan fingerprint density at radius 2 is 1.71 bits per heavy atom. The van der Waals surface area contributed by atoms with E-state index in [2.05, 4.69) is 33.9 Å². The lowest BCUT2D eigenvalue weighted by molar-refractivity contribution is 0.163. The van der Waals surface area contributed by atoms with Gasteiger partial charge in [0.1, 0.15) is 0 Å². The number of hydrogen-bond donors (Lipinski definition) is 0. The van der Waals surface area contributed by atoms with Gasteiger partial charge in [-0.15, -0.1) is 0 Å². The molecule has 0 fully saturated rings. The maximum absolute atomic E-state index is 10.8. The van der Waals surface area contributed by atoms with Gasteiger partial charge in [0.25, 0.3) is 10.1 Å². The molecule has 0 bridgehead atoms. The van der Waals surface area contributed by atoms with Gasteiger partial charge in [-0.2, -0.15) is 8.42 Å². The Balaban J connectivity index is 4.15. The van der Waals surface area contributed by atoms with E-state index in [1.54, 1.807) is 0 Å². The van der Waals surface area contributed by atoms with E-state index < -0.39 is 18.4 Å². The molecule has 0 unspecified atom stereocenters. The molecular weight excluding hydrogens is 256 g/mol. The normalized spacial score (nSPS) is 15.9. The van der Waals surface area contributed by atoms with Gasteiger partial charge in [0, 0.05) is 6.10 Å². The van der Waals surface area contributed by atoms with Gasteiger partial charge in [-0.1, -0.05) is 20.8 Å². The molecule has 0 aromatic carbocycles. The third kappa shape index (κ3) is 7.18. The third-order valence-corrected chi connectivity index (χ3v) is 8.32. The zero-order valence-electron chi connectivity index (χ0n) is 12.0. The highest BCUT2D eigenvalue weighted by Crippen LogP contribution is 2.37. The summed E-state index contributed by atoms with van der Waals surface area (Å²) in [5.74, 6) is 0. The van der Waals surface area contributed by atoms with Crippen molar-refractivity contribution in [2.45, 2.75) is 58.4 Å². The molecule has 0 aromatic rings. The average molecular weight is 282 g/mol. The van der Waals surface area contributed by atoms with Gasteiger partial charge in [0.15, 0.2) is 8.32 Å². The Kier molecular flexibility index (Phi) is 5.85. The van der Waals surface area contributed by atoms with Gasteiger partial charge in [-0.3, -0.25) is 4.18 Å². The van der Waals surface area contributed by atoms with Crippen molar-refractivity contribution in [2.75, 3.05) is 12.9 Å². The van der Waals surface area contributed by atoms with Gasteiger partial charge in [-0.25, -0.2) is 0 Å². The van der Waals surface area contributed by atoms with Crippen LogP contribution in [0.4, 0.5) is 0 Å². The average Bonchev–Trinajstić information content (AvgIpc) is 1.97. The molecule has 0 aliphatic heterocycles. The van der Waals surface area contributed by atoms with E-state index in [9.17, 15) is 8.42 Å². The number of rotatable bonds is 6. The minimum atomic E-state index is -3.34. The molecule has 17 heavy (non-hydrogen) atoms. The van der Waals surface area contributed by atoms with E-state index in [4.69, 9.17) is 8.61 Å². The van der Waals surface area contributed by atoms with E-state index in [1.807, 2.05) is 6.92 Å². The summed E-state index contributed by atoms with van der Waals surface area (Å²) >= 11 is 0. The Morgan fingerprint density at radius 1 is 1.24 bits per heavy atom. The van der Waals surface area contributed by atoms with Crippen molar-refractivity contribution in [1.82, 2.24) is 0 Å². The van der Waals surface area contributed by atoms with Gasteiger partial charge in [0.05, 0.1) is 12.9 Å². The van der Waals surface area contributed by atoms with Crippen LogP contribution in [0, 0.1) is 0 Å². The van der Waals surface area contributed by atoms with Crippen LogP contribution in [0.2, 0.25) is 18.1 Å². The molecule has 0 amide bonds. The Morgan fingerprint density at radius 3 is 2.06 bits per heavy atom. The standard InChI is InChI=1S/C11H26O4SSi/c1-10(8-9-14-16(5,12)13)15-17(6,7)11(2,3)4/h10H,8-9H2,1-7H3/t10-/m1/s1. The highest BCUT2D eigenvalue weighted by molar-refractivity contribution is 7.85. The summed E-state index contributed by atoms with van der Waals surface area (Å²) in [6, 6.07) is 0. The quantitative estimate of drug-likeness (QED) is 0.555. The largest absolute Gasteiger partial charge is 0.414 e. The van der Waals surface area contributed by atoms with Crippen molar-refractivity contribution in [2.24, 2.45) is 0 Å². The zero-order chi connectivity index (χ0) is 13.9. The molecule has 0 heterocycles. The van der Waals surface area contributed by atoms with Crippen LogP contribution in [-0.4, -0.2) is 35.7 Å². The fourth-order valence-corrected chi connectivity index (χ4v) is 2.98. The fourth-order valence-electron chi connectivity index (χ4n) is 1.10. The summed E-state index contributed by atoms with van der Waals surface area (Å²) in [7, 11) is -5.10. The molecule has 0 saturated carbocycles. The highest BCUT2D eigenvalue weighted by Gasteiger charge is 2.38. The van der Waals surface area contributed by atoms with Crippen LogP contribution in [0.5, 0.6) is 0 Å². The van der Waals surface area contributed by atoms with Crippen molar-refractivity contribution >= 4 is 18.4 Å². The molecule has 0 aromatic heterocycles. The Labute approximate surface area is 107 Å². The highest BCUT2D eigenvalue weighted by atomic mass is 32.2. The summed E-state index contributed by atoms with van der Waals surface area (Å²) < 4.78 is 32.4. The van der Waals surface area contributed by atoms with Crippen LogP contribution in [0.25, 0.3) is 0 Å². The lowest BCUT2D eigenvalue weighted by atomic mass is 10.2. The molecule has 0 aliphatic carbocycles. The lowest BCUT2D eigenvalue weighted by Gasteiger charge is -2.38. The van der Waals surface area contributed by atoms with Gasteiger partial charge >= 0.3 is 0 Å². The van der Waals surface area contributed by atoms with E-state index in [1.165, 1.54) is 0 Å². The second-order valence-electron chi connectivity index (χ2n) is 6.00. The first-order chi connectivity index (χ1) is 7.35. The predicted molar refractivity (Wildman–Crippen MR) is 73.2 cm³/mol. The van der Waals surface area contributed by atoms with Crippen molar-refractivity contribution in [1.29, 1.82) is 0 Å². The first kappa shape index (κ1) is 17.1. The topological polar surface area (TPSA) is 52.6 Å². The van der Waals surface area contributed by atoms with Gasteiger partial charge in [0.2, 0.25) is 0 Å². The Hall–Kier alpha value is 0.0869. The zero-order valence-corrected chi connectivity index (χ0v) is 13.8. The molecular formula is C11H26O4SSi. The molecule has 0 rings (SSSR count). The van der Waals surface area contributed by atoms with E-state index in [0.717, 1.165) is 6.26 Å². The minimum Gasteiger partial charge on any atom is -0.414 e. The second kappa shape index (κ2) is 5.82. The van der Waals surface area contributed by atoms with Crippen LogP contribution in [0.15, 0.2) is 0 Å². The van der Waals surface area contributed by atoms with E-state index in [-0.39, 0.29) is 17.7 Å². The van der Waals surface area contributed by atoms with Crippen molar-refractivity contribution in [3.8, 4) is 0 Å². The van der Waals surface area contributed by atoms with Gasteiger partial charge in [-0.05, 0) is 31.5 Å². The molecule has 0 N–H and O–H groups in total. The number of hydrogen-bond acceptors (Lipinski definition) is 4. The lowest BCUT2D eigenvalue weighted by Crippen LogP contribution is -2.43. The van der Waals surface area contributed by atoms with Gasteiger partial charge < -0.3 is 4.43 Å². The molecule has 0 aliphatic rings. The summed E-state index contributed by atoms with van der Waals surface area (Å²) in [5, 5.41) is 0.166. The van der Waals surface area contributed by atoms with E-state index in [0.29, 0.717) is 6.42 Å². The predicted octanol–water partition coefficient (Wildman–Crippen LogP) is 2.76. The van der Waals surface area contributed by atoms with Crippen molar-refractivity contribution in [3.05, 3.63) is 0 Å². The first-order valence-corrected chi connectivity index (χ1v) is 10.6. The van der Waals surface area contributed by atoms with Crippen LogP contribution >= 0.6 is 0 Å². The van der Waals surface area contributed by atoms with Crippen LogP contribution in [-0.2, 0) is 18.7 Å². The summed E-state index contributed by atoms with van der Waals surface area (Å²) in [6.45, 7) is 13.1. The van der Waals surface area contributed by atoms with E-state index >= 15 is 0 Å². The molecule has 104 valence electrons. The molecule has 6 heteroatoms. The minimum absolute atomic E-state index is 0.0256. The van der Waals surface area contributed by atoms with Crippen LogP contribution in [0.3, 0.4) is 0 Å². The first-order valence-electron chi connectivity index (χ1n) is 5.87. The fraction of sp³-hybridized carbons (Fsp3) is 1.00. The SMILES string of the molecule is C[C@H](CCOS(C)(=O)=O)O[Si](C)(C)C(C)(C)C.